The number of anilines is 1. The summed E-state index contributed by atoms with van der Waals surface area (Å²) in [7, 11) is 0. The van der Waals surface area contributed by atoms with Gasteiger partial charge in [-0.1, -0.05) is 35.7 Å². The van der Waals surface area contributed by atoms with Crippen molar-refractivity contribution in [2.45, 2.75) is 35.0 Å². The number of halogens is 3. The Kier molecular flexibility index (Phi) is 6.61. The van der Waals surface area contributed by atoms with Crippen molar-refractivity contribution in [1.29, 1.82) is 0 Å². The molecule has 0 aliphatic carbocycles. The van der Waals surface area contributed by atoms with Gasteiger partial charge < -0.3 is 11.2 Å². The van der Waals surface area contributed by atoms with Gasteiger partial charge in [-0.15, -0.1) is 10.2 Å². The smallest absolute Gasteiger partial charge is 0.335 e. The van der Waals surface area contributed by atoms with Crippen LogP contribution in [-0.4, -0.2) is 26.5 Å². The summed E-state index contributed by atoms with van der Waals surface area (Å²) in [6.45, 7) is 4.09. The van der Waals surface area contributed by atoms with E-state index in [1.54, 1.807) is 23.9 Å². The second-order valence-electron chi connectivity index (χ2n) is 6.41. The number of alkyl halides is 3. The molecular formula is C19H18F3N5OS2. The van der Waals surface area contributed by atoms with E-state index in [9.17, 15) is 18.0 Å². The number of thioether (sulfide) groups is 1. The molecular weight excluding hydrogens is 435 g/mol. The monoisotopic (exact) mass is 453 g/mol. The van der Waals surface area contributed by atoms with Crippen molar-refractivity contribution < 1.29 is 18.0 Å². The number of nitrogens with zero attached hydrogens (tertiary/aromatic N) is 3. The maximum atomic E-state index is 12.7. The molecule has 2 aromatic carbocycles. The molecule has 0 saturated carbocycles. The summed E-state index contributed by atoms with van der Waals surface area (Å²) in [5, 5.41) is 8.88. The quantitative estimate of drug-likeness (QED) is 0.422. The summed E-state index contributed by atoms with van der Waals surface area (Å²) >= 11 is 2.40. The van der Waals surface area contributed by atoms with Gasteiger partial charge in [-0.05, 0) is 55.3 Å². The van der Waals surface area contributed by atoms with Crippen LogP contribution in [-0.2, 0) is 11.0 Å². The fourth-order valence-corrected chi connectivity index (χ4v) is 4.10. The lowest BCUT2D eigenvalue weighted by Crippen LogP contribution is -2.22. The highest BCUT2D eigenvalue weighted by Gasteiger charge is 2.38. The highest BCUT2D eigenvalue weighted by molar-refractivity contribution is 7.99. The van der Waals surface area contributed by atoms with Crippen LogP contribution in [0.4, 0.5) is 18.9 Å². The van der Waals surface area contributed by atoms with E-state index in [0.717, 1.165) is 21.6 Å². The van der Waals surface area contributed by atoms with Crippen LogP contribution in [0.3, 0.4) is 0 Å². The lowest BCUT2D eigenvalue weighted by molar-refractivity contribution is -0.146. The number of hydrogen-bond acceptors (Lipinski definition) is 6. The summed E-state index contributed by atoms with van der Waals surface area (Å²) in [4.78, 5) is 14.3. The number of benzene rings is 2. The molecule has 1 amide bonds. The molecule has 6 nitrogen and oxygen atoms in total. The average Bonchev–Trinajstić information content (AvgIpc) is 3.05. The van der Waals surface area contributed by atoms with Gasteiger partial charge in [-0.3, -0.25) is 4.79 Å². The second kappa shape index (κ2) is 9.00. The summed E-state index contributed by atoms with van der Waals surface area (Å²) < 4.78 is 38.3. The fourth-order valence-electron chi connectivity index (χ4n) is 2.45. The van der Waals surface area contributed by atoms with Gasteiger partial charge in [0.2, 0.25) is 11.1 Å². The van der Waals surface area contributed by atoms with Crippen LogP contribution in [0, 0.1) is 13.8 Å². The molecule has 3 N–H and O–H groups in total. The number of aromatic nitrogens is 3. The van der Waals surface area contributed by atoms with Gasteiger partial charge in [-0.25, -0.2) is 4.68 Å². The number of carbonyl (C=O) groups is 1. The van der Waals surface area contributed by atoms with Crippen molar-refractivity contribution in [3.8, 4) is 0 Å². The van der Waals surface area contributed by atoms with Crippen molar-refractivity contribution in [2.75, 3.05) is 16.9 Å². The molecule has 0 aliphatic heterocycles. The number of amides is 1. The van der Waals surface area contributed by atoms with E-state index in [4.69, 9.17) is 5.84 Å². The van der Waals surface area contributed by atoms with Crippen LogP contribution in [0.5, 0.6) is 0 Å². The van der Waals surface area contributed by atoms with Crippen molar-refractivity contribution >= 4 is 35.1 Å². The number of carbonyl (C=O) groups excluding carboxylic acids is 1. The molecule has 0 saturated heterocycles. The summed E-state index contributed by atoms with van der Waals surface area (Å²) in [6, 6.07) is 13.6. The molecule has 3 rings (SSSR count). The first-order valence-electron chi connectivity index (χ1n) is 8.69. The number of nitrogens with two attached hydrogens (primary N) is 1. The summed E-state index contributed by atoms with van der Waals surface area (Å²) in [5.74, 6) is 3.47. The zero-order chi connectivity index (χ0) is 21.9. The Morgan fingerprint density at radius 3 is 2.47 bits per heavy atom. The zero-order valence-electron chi connectivity index (χ0n) is 16.0. The molecule has 0 aliphatic rings. The Hall–Kier alpha value is -2.66. The normalized spacial score (nSPS) is 11.5. The van der Waals surface area contributed by atoms with Crippen LogP contribution in [0.15, 0.2) is 57.4 Å². The molecule has 1 heterocycles. The lowest BCUT2D eigenvalue weighted by Gasteiger charge is -2.09. The van der Waals surface area contributed by atoms with Crippen LogP contribution in [0.25, 0.3) is 0 Å². The number of nitrogen functional groups attached to an aromatic ring is 1. The first-order chi connectivity index (χ1) is 14.1. The average molecular weight is 454 g/mol. The van der Waals surface area contributed by atoms with Crippen LogP contribution in [0.2, 0.25) is 0 Å². The van der Waals surface area contributed by atoms with Crippen LogP contribution >= 0.6 is 23.5 Å². The molecule has 0 fully saturated rings. The van der Waals surface area contributed by atoms with Crippen molar-refractivity contribution in [1.82, 2.24) is 14.9 Å². The van der Waals surface area contributed by atoms with Crippen molar-refractivity contribution in [3.05, 3.63) is 59.4 Å². The van der Waals surface area contributed by atoms with Gasteiger partial charge in [0.15, 0.2) is 0 Å². The van der Waals surface area contributed by atoms with E-state index in [1.165, 1.54) is 11.1 Å². The van der Waals surface area contributed by atoms with Crippen molar-refractivity contribution in [3.63, 3.8) is 0 Å². The molecule has 158 valence electrons. The molecule has 30 heavy (non-hydrogen) atoms. The number of nitrogens with one attached hydrogen (secondary N) is 1. The molecule has 3 aromatic rings. The first kappa shape index (κ1) is 22.0. The predicted molar refractivity (Wildman–Crippen MR) is 111 cm³/mol. The van der Waals surface area contributed by atoms with Gasteiger partial charge in [0.25, 0.3) is 5.82 Å². The number of aryl methyl sites for hydroxylation is 2. The van der Waals surface area contributed by atoms with Gasteiger partial charge in [-0.2, -0.15) is 13.2 Å². The largest absolute Gasteiger partial charge is 0.453 e. The minimum absolute atomic E-state index is 0.161. The first-order valence-corrected chi connectivity index (χ1v) is 10.5. The molecule has 0 unspecified atom stereocenters. The summed E-state index contributed by atoms with van der Waals surface area (Å²) in [5.41, 5.74) is 2.94. The molecule has 0 atom stereocenters. The highest BCUT2D eigenvalue weighted by Crippen LogP contribution is 2.32. The van der Waals surface area contributed by atoms with E-state index >= 15 is 0 Å². The van der Waals surface area contributed by atoms with Gasteiger partial charge >= 0.3 is 6.18 Å². The van der Waals surface area contributed by atoms with E-state index in [0.29, 0.717) is 10.4 Å². The topological polar surface area (TPSA) is 85.8 Å². The Labute approximate surface area is 179 Å². The predicted octanol–water partition coefficient (Wildman–Crippen LogP) is 4.51. The molecule has 1 aromatic heterocycles. The Bertz CT molecular complexity index is 1050. The van der Waals surface area contributed by atoms with Gasteiger partial charge in [0, 0.05) is 15.5 Å². The standard InChI is InChI=1S/C19H18F3N5OS2/c1-11-3-4-12(2)15(9-11)30-14-7-5-13(6-8-14)24-16(28)10-29-18-26-25-17(27(18)23)19(20,21)22/h3-9H,10,23H2,1-2H3,(H,24,28). The third kappa shape index (κ3) is 5.48. The lowest BCUT2D eigenvalue weighted by atomic mass is 10.2. The number of hydrogen-bond donors (Lipinski definition) is 2. The fraction of sp³-hybridized carbons (Fsp3) is 0.211. The summed E-state index contributed by atoms with van der Waals surface area (Å²) in [6.07, 6.45) is -4.71. The maximum Gasteiger partial charge on any atom is 0.453 e. The molecule has 0 radical (unpaired) electrons. The zero-order valence-corrected chi connectivity index (χ0v) is 17.7. The molecule has 11 heteroatoms. The second-order valence-corrected chi connectivity index (χ2v) is 8.46. The maximum absolute atomic E-state index is 12.7. The van der Waals surface area contributed by atoms with Crippen LogP contribution in [0.1, 0.15) is 17.0 Å². The SMILES string of the molecule is Cc1ccc(C)c(Sc2ccc(NC(=O)CSc3nnc(C(F)(F)F)n3N)cc2)c1. The van der Waals surface area contributed by atoms with Crippen LogP contribution < -0.4 is 11.2 Å². The molecule has 0 bridgehead atoms. The van der Waals surface area contributed by atoms with E-state index in [1.807, 2.05) is 26.0 Å². The third-order valence-corrected chi connectivity index (χ3v) is 6.07. The van der Waals surface area contributed by atoms with Gasteiger partial charge in [0.05, 0.1) is 5.75 Å². The third-order valence-electron chi connectivity index (χ3n) is 3.96. The van der Waals surface area contributed by atoms with E-state index in [-0.39, 0.29) is 10.9 Å². The minimum Gasteiger partial charge on any atom is -0.335 e. The van der Waals surface area contributed by atoms with E-state index < -0.39 is 17.9 Å². The Morgan fingerprint density at radius 1 is 1.13 bits per heavy atom. The van der Waals surface area contributed by atoms with Gasteiger partial charge in [0.1, 0.15) is 0 Å². The highest BCUT2D eigenvalue weighted by atomic mass is 32.2. The van der Waals surface area contributed by atoms with E-state index in [2.05, 4.69) is 33.7 Å². The molecule has 0 spiro atoms. The Balaban J connectivity index is 1.56. The minimum atomic E-state index is -4.71. The van der Waals surface area contributed by atoms with Crippen molar-refractivity contribution in [2.24, 2.45) is 0 Å². The number of rotatable bonds is 6. The Morgan fingerprint density at radius 2 is 1.83 bits per heavy atom.